The number of aryl methyl sites for hydroxylation is 2. The molecule has 0 N–H and O–H groups in total. The molecule has 1 heterocycles. The van der Waals surface area contributed by atoms with Crippen molar-refractivity contribution >= 4 is 10.9 Å². The number of fused-ring (bicyclic) bond motifs is 1. The molecule has 0 bridgehead atoms. The highest BCUT2D eigenvalue weighted by molar-refractivity contribution is 5.82. The summed E-state index contributed by atoms with van der Waals surface area (Å²) in [4.78, 5) is 0. The van der Waals surface area contributed by atoms with Gasteiger partial charge in [-0.15, -0.1) is 0 Å². The molecular weight excluding hydrogens is 194 g/mol. The highest BCUT2D eigenvalue weighted by Gasteiger charge is 2.10. The van der Waals surface area contributed by atoms with E-state index in [1.54, 1.807) is 0 Å². The summed E-state index contributed by atoms with van der Waals surface area (Å²) in [5.74, 6) is 0. The first-order chi connectivity index (χ1) is 7.63. The predicted octanol–water partition coefficient (Wildman–Crippen LogP) is 4.48. The van der Waals surface area contributed by atoms with E-state index in [-0.39, 0.29) is 0 Å². The van der Waals surface area contributed by atoms with Crippen molar-refractivity contribution in [1.82, 2.24) is 4.57 Å². The molecule has 0 spiro atoms. The SMILES string of the molecule is CCCc1cc2cc(C)ccc2n1C(C)C. The Balaban J connectivity index is 2.65. The van der Waals surface area contributed by atoms with Crippen molar-refractivity contribution in [1.29, 1.82) is 0 Å². The fraction of sp³-hybridized carbons (Fsp3) is 0.467. The molecule has 1 aromatic carbocycles. The molecule has 1 aromatic heterocycles. The van der Waals surface area contributed by atoms with Gasteiger partial charge in [0.1, 0.15) is 0 Å². The van der Waals surface area contributed by atoms with Crippen LogP contribution in [-0.2, 0) is 6.42 Å². The smallest absolute Gasteiger partial charge is 0.0485 e. The summed E-state index contributed by atoms with van der Waals surface area (Å²) < 4.78 is 2.47. The fourth-order valence-corrected chi connectivity index (χ4v) is 2.47. The van der Waals surface area contributed by atoms with Gasteiger partial charge < -0.3 is 4.57 Å². The van der Waals surface area contributed by atoms with Gasteiger partial charge in [0, 0.05) is 22.6 Å². The highest BCUT2D eigenvalue weighted by Crippen LogP contribution is 2.25. The van der Waals surface area contributed by atoms with E-state index < -0.39 is 0 Å². The lowest BCUT2D eigenvalue weighted by atomic mass is 10.2. The van der Waals surface area contributed by atoms with Crippen LogP contribution in [0.1, 0.15) is 44.5 Å². The molecule has 1 nitrogen and oxygen atoms in total. The maximum absolute atomic E-state index is 2.47. The van der Waals surface area contributed by atoms with Gasteiger partial charge in [-0.25, -0.2) is 0 Å². The molecule has 0 aliphatic rings. The molecule has 0 aliphatic heterocycles. The van der Waals surface area contributed by atoms with Crippen LogP contribution in [0.4, 0.5) is 0 Å². The van der Waals surface area contributed by atoms with Gasteiger partial charge in [0.15, 0.2) is 0 Å². The van der Waals surface area contributed by atoms with Crippen LogP contribution in [0, 0.1) is 6.92 Å². The van der Waals surface area contributed by atoms with Crippen molar-refractivity contribution in [2.75, 3.05) is 0 Å². The van der Waals surface area contributed by atoms with Gasteiger partial charge in [-0.1, -0.05) is 25.0 Å². The zero-order valence-electron chi connectivity index (χ0n) is 10.7. The Morgan fingerprint density at radius 1 is 1.19 bits per heavy atom. The number of hydrogen-bond acceptors (Lipinski definition) is 0. The summed E-state index contributed by atoms with van der Waals surface area (Å²) in [6, 6.07) is 9.64. The fourth-order valence-electron chi connectivity index (χ4n) is 2.47. The van der Waals surface area contributed by atoms with Crippen molar-refractivity contribution < 1.29 is 0 Å². The standard InChI is InChI=1S/C15H21N/c1-5-6-14-10-13-9-12(4)7-8-15(13)16(14)11(2)3/h7-11H,5-6H2,1-4H3. The maximum Gasteiger partial charge on any atom is 0.0485 e. The number of rotatable bonds is 3. The second-order valence-electron chi connectivity index (χ2n) is 4.91. The predicted molar refractivity (Wildman–Crippen MR) is 71.1 cm³/mol. The van der Waals surface area contributed by atoms with Gasteiger partial charge >= 0.3 is 0 Å². The third-order valence-electron chi connectivity index (χ3n) is 3.10. The number of benzene rings is 1. The van der Waals surface area contributed by atoms with E-state index in [9.17, 15) is 0 Å². The Bertz CT molecular complexity index is 491. The van der Waals surface area contributed by atoms with E-state index in [4.69, 9.17) is 0 Å². The summed E-state index contributed by atoms with van der Waals surface area (Å²) in [5.41, 5.74) is 4.19. The Labute approximate surface area is 98.1 Å². The number of nitrogens with zero attached hydrogens (tertiary/aromatic N) is 1. The molecule has 0 aliphatic carbocycles. The Morgan fingerprint density at radius 3 is 2.56 bits per heavy atom. The van der Waals surface area contributed by atoms with Crippen molar-refractivity contribution in [2.45, 2.75) is 46.6 Å². The third kappa shape index (κ3) is 1.87. The topological polar surface area (TPSA) is 4.93 Å². The highest BCUT2D eigenvalue weighted by atomic mass is 15.0. The average Bonchev–Trinajstić information content (AvgIpc) is 2.55. The summed E-state index contributed by atoms with van der Waals surface area (Å²) in [7, 11) is 0. The summed E-state index contributed by atoms with van der Waals surface area (Å²) in [5, 5.41) is 1.39. The zero-order valence-corrected chi connectivity index (χ0v) is 10.7. The van der Waals surface area contributed by atoms with E-state index in [0.717, 1.165) is 0 Å². The molecule has 0 unspecified atom stereocenters. The zero-order chi connectivity index (χ0) is 11.7. The first kappa shape index (κ1) is 11.3. The third-order valence-corrected chi connectivity index (χ3v) is 3.10. The molecule has 16 heavy (non-hydrogen) atoms. The van der Waals surface area contributed by atoms with E-state index >= 15 is 0 Å². The van der Waals surface area contributed by atoms with Crippen LogP contribution in [0.5, 0.6) is 0 Å². The minimum atomic E-state index is 0.543. The summed E-state index contributed by atoms with van der Waals surface area (Å²) in [6.45, 7) is 8.93. The van der Waals surface area contributed by atoms with Crippen molar-refractivity contribution in [2.24, 2.45) is 0 Å². The van der Waals surface area contributed by atoms with Crippen LogP contribution >= 0.6 is 0 Å². The lowest BCUT2D eigenvalue weighted by Gasteiger charge is -2.14. The molecule has 2 rings (SSSR count). The van der Waals surface area contributed by atoms with Crippen LogP contribution in [0.15, 0.2) is 24.3 Å². The van der Waals surface area contributed by atoms with Crippen LogP contribution < -0.4 is 0 Å². The lowest BCUT2D eigenvalue weighted by Crippen LogP contribution is -2.04. The second kappa shape index (κ2) is 4.32. The normalized spacial score (nSPS) is 11.6. The van der Waals surface area contributed by atoms with Gasteiger partial charge in [0.05, 0.1) is 0 Å². The van der Waals surface area contributed by atoms with Gasteiger partial charge in [-0.3, -0.25) is 0 Å². The van der Waals surface area contributed by atoms with Crippen molar-refractivity contribution in [3.8, 4) is 0 Å². The molecule has 0 radical (unpaired) electrons. The Morgan fingerprint density at radius 2 is 1.94 bits per heavy atom. The van der Waals surface area contributed by atoms with Gasteiger partial charge in [-0.2, -0.15) is 0 Å². The minimum absolute atomic E-state index is 0.543. The largest absolute Gasteiger partial charge is 0.342 e. The van der Waals surface area contributed by atoms with E-state index in [1.165, 1.54) is 35.0 Å². The molecule has 0 amide bonds. The molecule has 0 saturated heterocycles. The molecule has 86 valence electrons. The number of hydrogen-bond donors (Lipinski definition) is 0. The Kier molecular flexibility index (Phi) is 3.04. The average molecular weight is 215 g/mol. The molecule has 0 atom stereocenters. The molecule has 1 heteroatoms. The molecular formula is C15H21N. The first-order valence-electron chi connectivity index (χ1n) is 6.24. The van der Waals surface area contributed by atoms with Crippen LogP contribution in [0.3, 0.4) is 0 Å². The summed E-state index contributed by atoms with van der Waals surface area (Å²) >= 11 is 0. The van der Waals surface area contributed by atoms with E-state index in [0.29, 0.717) is 6.04 Å². The van der Waals surface area contributed by atoms with Crippen LogP contribution in [0.2, 0.25) is 0 Å². The van der Waals surface area contributed by atoms with E-state index in [2.05, 4.69) is 56.5 Å². The van der Waals surface area contributed by atoms with Crippen molar-refractivity contribution in [3.05, 3.63) is 35.5 Å². The monoisotopic (exact) mass is 215 g/mol. The quantitative estimate of drug-likeness (QED) is 0.711. The summed E-state index contributed by atoms with van der Waals surface area (Å²) in [6.07, 6.45) is 2.38. The lowest BCUT2D eigenvalue weighted by molar-refractivity contribution is 0.590. The molecule has 0 fully saturated rings. The van der Waals surface area contributed by atoms with Crippen LogP contribution in [0.25, 0.3) is 10.9 Å². The van der Waals surface area contributed by atoms with Crippen molar-refractivity contribution in [3.63, 3.8) is 0 Å². The number of aromatic nitrogens is 1. The molecule has 2 aromatic rings. The van der Waals surface area contributed by atoms with Gasteiger partial charge in [-0.05, 0) is 45.4 Å². The Hall–Kier alpha value is -1.24. The van der Waals surface area contributed by atoms with Gasteiger partial charge in [0.2, 0.25) is 0 Å². The molecule has 0 saturated carbocycles. The minimum Gasteiger partial charge on any atom is -0.342 e. The van der Waals surface area contributed by atoms with E-state index in [1.807, 2.05) is 0 Å². The maximum atomic E-state index is 2.47. The van der Waals surface area contributed by atoms with Gasteiger partial charge in [0.25, 0.3) is 0 Å². The second-order valence-corrected chi connectivity index (χ2v) is 4.91. The van der Waals surface area contributed by atoms with Crippen LogP contribution in [-0.4, -0.2) is 4.57 Å². The first-order valence-corrected chi connectivity index (χ1v) is 6.24.